The van der Waals surface area contributed by atoms with Crippen molar-refractivity contribution in [2.45, 2.75) is 19.8 Å². The summed E-state index contributed by atoms with van der Waals surface area (Å²) in [7, 11) is 0. The SMILES string of the molecule is C=c1cc(C(C)C)cc/c1=C/c1cc(=O)[nH]cn1. The van der Waals surface area contributed by atoms with Crippen molar-refractivity contribution in [1.82, 2.24) is 9.97 Å². The van der Waals surface area contributed by atoms with Crippen molar-refractivity contribution in [2.75, 3.05) is 0 Å². The molecule has 1 aromatic heterocycles. The van der Waals surface area contributed by atoms with Crippen LogP contribution in [-0.2, 0) is 0 Å². The van der Waals surface area contributed by atoms with Gasteiger partial charge >= 0.3 is 0 Å². The van der Waals surface area contributed by atoms with Crippen LogP contribution in [0.5, 0.6) is 0 Å². The topological polar surface area (TPSA) is 45.8 Å². The Morgan fingerprint density at radius 2 is 2.11 bits per heavy atom. The highest BCUT2D eigenvalue weighted by Gasteiger charge is 1.98. The number of nitrogens with zero attached hydrogens (tertiary/aromatic N) is 1. The van der Waals surface area contributed by atoms with E-state index in [1.165, 1.54) is 18.0 Å². The Bertz CT molecular complexity index is 714. The fourth-order valence-corrected chi connectivity index (χ4v) is 1.75. The van der Waals surface area contributed by atoms with Gasteiger partial charge in [-0.2, -0.15) is 0 Å². The van der Waals surface area contributed by atoms with Gasteiger partial charge in [-0.1, -0.05) is 38.6 Å². The van der Waals surface area contributed by atoms with E-state index < -0.39 is 0 Å². The molecule has 1 N–H and O–H groups in total. The van der Waals surface area contributed by atoms with Crippen LogP contribution in [-0.4, -0.2) is 9.97 Å². The largest absolute Gasteiger partial charge is 0.313 e. The molecule has 0 saturated heterocycles. The maximum absolute atomic E-state index is 11.2. The Labute approximate surface area is 106 Å². The molecule has 0 radical (unpaired) electrons. The summed E-state index contributed by atoms with van der Waals surface area (Å²) >= 11 is 0. The minimum absolute atomic E-state index is 0.152. The molecule has 0 unspecified atom stereocenters. The van der Waals surface area contributed by atoms with Crippen molar-refractivity contribution in [3.05, 3.63) is 62.6 Å². The second-order valence-corrected chi connectivity index (χ2v) is 4.59. The Morgan fingerprint density at radius 3 is 2.72 bits per heavy atom. The van der Waals surface area contributed by atoms with Crippen LogP contribution in [0, 0.1) is 0 Å². The Kier molecular flexibility index (Phi) is 3.42. The maximum Gasteiger partial charge on any atom is 0.251 e. The minimum Gasteiger partial charge on any atom is -0.313 e. The van der Waals surface area contributed by atoms with Gasteiger partial charge in [0.15, 0.2) is 0 Å². The number of nitrogens with one attached hydrogen (secondary N) is 1. The molecule has 3 nitrogen and oxygen atoms in total. The number of aromatic nitrogens is 2. The van der Waals surface area contributed by atoms with Gasteiger partial charge in [-0.3, -0.25) is 4.79 Å². The van der Waals surface area contributed by atoms with Gasteiger partial charge in [0, 0.05) is 6.07 Å². The first-order valence-corrected chi connectivity index (χ1v) is 5.91. The van der Waals surface area contributed by atoms with Crippen LogP contribution < -0.4 is 16.0 Å². The Hall–Kier alpha value is -2.16. The lowest BCUT2D eigenvalue weighted by molar-refractivity contribution is 0.864. The molecule has 2 rings (SSSR count). The highest BCUT2D eigenvalue weighted by Crippen LogP contribution is 2.09. The van der Waals surface area contributed by atoms with E-state index in [1.807, 2.05) is 12.1 Å². The number of H-pyrrole nitrogens is 1. The fourth-order valence-electron chi connectivity index (χ4n) is 1.75. The molecular formula is C15H16N2O. The Morgan fingerprint density at radius 1 is 1.33 bits per heavy atom. The molecule has 2 aromatic rings. The lowest BCUT2D eigenvalue weighted by Crippen LogP contribution is -2.24. The van der Waals surface area contributed by atoms with Crippen molar-refractivity contribution < 1.29 is 0 Å². The number of hydrogen-bond donors (Lipinski definition) is 1. The molecule has 0 aliphatic carbocycles. The van der Waals surface area contributed by atoms with E-state index in [-0.39, 0.29) is 5.56 Å². The molecule has 92 valence electrons. The molecule has 0 aliphatic heterocycles. The highest BCUT2D eigenvalue weighted by molar-refractivity contribution is 5.45. The smallest absolute Gasteiger partial charge is 0.251 e. The monoisotopic (exact) mass is 240 g/mol. The number of aromatic amines is 1. The molecule has 0 bridgehead atoms. The Balaban J connectivity index is 2.52. The van der Waals surface area contributed by atoms with Gasteiger partial charge < -0.3 is 4.98 Å². The summed E-state index contributed by atoms with van der Waals surface area (Å²) < 4.78 is 0. The third-order valence-electron chi connectivity index (χ3n) is 2.84. The maximum atomic E-state index is 11.2. The molecule has 0 atom stereocenters. The number of rotatable bonds is 2. The predicted molar refractivity (Wildman–Crippen MR) is 73.7 cm³/mol. The highest BCUT2D eigenvalue weighted by atomic mass is 16.1. The molecule has 0 saturated carbocycles. The first-order chi connectivity index (χ1) is 8.56. The lowest BCUT2D eigenvalue weighted by Gasteiger charge is -2.04. The number of benzene rings is 1. The van der Waals surface area contributed by atoms with Gasteiger partial charge in [-0.25, -0.2) is 4.98 Å². The van der Waals surface area contributed by atoms with E-state index in [4.69, 9.17) is 0 Å². The fraction of sp³-hybridized carbons (Fsp3) is 0.200. The normalized spacial score (nSPS) is 12.1. The molecule has 0 fully saturated rings. The second kappa shape index (κ2) is 5.00. The molecule has 0 aliphatic rings. The van der Waals surface area contributed by atoms with E-state index in [0.717, 1.165) is 10.4 Å². The van der Waals surface area contributed by atoms with Crippen LogP contribution in [0.4, 0.5) is 0 Å². The number of hydrogen-bond acceptors (Lipinski definition) is 2. The van der Waals surface area contributed by atoms with Crippen molar-refractivity contribution in [3.8, 4) is 0 Å². The molecule has 3 heteroatoms. The first kappa shape index (κ1) is 12.3. The molecule has 0 spiro atoms. The summed E-state index contributed by atoms with van der Waals surface area (Å²) in [5.74, 6) is 0.484. The van der Waals surface area contributed by atoms with Gasteiger partial charge in [0.1, 0.15) is 0 Å². The minimum atomic E-state index is -0.152. The quantitative estimate of drug-likeness (QED) is 0.855. The van der Waals surface area contributed by atoms with Crippen molar-refractivity contribution in [3.63, 3.8) is 0 Å². The van der Waals surface area contributed by atoms with Gasteiger partial charge in [0.2, 0.25) is 0 Å². The zero-order valence-electron chi connectivity index (χ0n) is 10.6. The average molecular weight is 240 g/mol. The van der Waals surface area contributed by atoms with Gasteiger partial charge in [-0.05, 0) is 28.0 Å². The van der Waals surface area contributed by atoms with Crippen LogP contribution in [0.25, 0.3) is 12.7 Å². The third kappa shape index (κ3) is 2.74. The van der Waals surface area contributed by atoms with E-state index in [1.54, 1.807) is 0 Å². The van der Waals surface area contributed by atoms with Crippen LogP contribution >= 0.6 is 0 Å². The molecule has 1 heterocycles. The van der Waals surface area contributed by atoms with E-state index >= 15 is 0 Å². The van der Waals surface area contributed by atoms with Crippen molar-refractivity contribution >= 4 is 12.7 Å². The summed E-state index contributed by atoms with van der Waals surface area (Å²) in [6.45, 7) is 8.34. The lowest BCUT2D eigenvalue weighted by atomic mass is 10.0. The predicted octanol–water partition coefficient (Wildman–Crippen LogP) is 1.13. The summed E-state index contributed by atoms with van der Waals surface area (Å²) in [5, 5.41) is 1.93. The second-order valence-electron chi connectivity index (χ2n) is 4.59. The van der Waals surface area contributed by atoms with Crippen LogP contribution in [0.3, 0.4) is 0 Å². The van der Waals surface area contributed by atoms with E-state index in [0.29, 0.717) is 11.6 Å². The summed E-state index contributed by atoms with van der Waals surface area (Å²) in [5.41, 5.74) is 1.75. The van der Waals surface area contributed by atoms with Crippen molar-refractivity contribution in [2.24, 2.45) is 0 Å². The third-order valence-corrected chi connectivity index (χ3v) is 2.84. The molecule has 18 heavy (non-hydrogen) atoms. The summed E-state index contributed by atoms with van der Waals surface area (Å²) in [6.07, 6.45) is 3.26. The summed E-state index contributed by atoms with van der Waals surface area (Å²) in [4.78, 5) is 17.8. The van der Waals surface area contributed by atoms with Crippen molar-refractivity contribution in [1.29, 1.82) is 0 Å². The van der Waals surface area contributed by atoms with Crippen LogP contribution in [0.2, 0.25) is 0 Å². The van der Waals surface area contributed by atoms with Gasteiger partial charge in [0.05, 0.1) is 12.0 Å². The summed E-state index contributed by atoms with van der Waals surface area (Å²) in [6, 6.07) is 7.64. The van der Waals surface area contributed by atoms with Gasteiger partial charge in [-0.15, -0.1) is 0 Å². The van der Waals surface area contributed by atoms with Gasteiger partial charge in [0.25, 0.3) is 5.56 Å². The van der Waals surface area contributed by atoms with E-state index in [2.05, 4.69) is 42.5 Å². The van der Waals surface area contributed by atoms with Crippen LogP contribution in [0.15, 0.2) is 35.4 Å². The average Bonchev–Trinajstić information content (AvgIpc) is 2.31. The molecule has 0 amide bonds. The zero-order chi connectivity index (χ0) is 13.1. The standard InChI is InChI=1S/C15H16N2O/c1-10(2)12-4-5-13(11(3)6-12)7-14-8-15(18)17-9-16-14/h4-10H,3H2,1-2H3,(H,16,17,18)/b13-7-. The zero-order valence-corrected chi connectivity index (χ0v) is 10.6. The van der Waals surface area contributed by atoms with E-state index in [9.17, 15) is 4.79 Å². The first-order valence-electron chi connectivity index (χ1n) is 5.91. The van der Waals surface area contributed by atoms with Crippen LogP contribution in [0.1, 0.15) is 31.0 Å². The molecule has 1 aromatic carbocycles. The molecular weight excluding hydrogens is 224 g/mol.